The van der Waals surface area contributed by atoms with E-state index in [1.165, 1.54) is 53.1 Å². The number of halogens is 1. The molecule has 52 heavy (non-hydrogen) atoms. The van der Waals surface area contributed by atoms with Crippen molar-refractivity contribution in [2.24, 2.45) is 0 Å². The molecule has 0 aliphatic heterocycles. The Labute approximate surface area is 314 Å². The van der Waals surface area contributed by atoms with Gasteiger partial charge in [0, 0.05) is 58.2 Å². The first-order valence-electron chi connectivity index (χ1n) is 17.4. The number of aromatic nitrogens is 1. The number of benzene rings is 8. The molecule has 0 saturated carbocycles. The topological polar surface area (TPSA) is 8.17 Å². The van der Waals surface area contributed by atoms with Gasteiger partial charge in [-0.2, -0.15) is 0 Å². The lowest BCUT2D eigenvalue weighted by Crippen LogP contribution is -2.10. The van der Waals surface area contributed by atoms with E-state index in [9.17, 15) is 0 Å². The summed E-state index contributed by atoms with van der Waals surface area (Å²) in [5.74, 6) is 0. The van der Waals surface area contributed by atoms with Crippen molar-refractivity contribution in [3.8, 4) is 27.9 Å². The smallest absolute Gasteiger partial charge is 0.0541 e. The Balaban J connectivity index is 1.09. The van der Waals surface area contributed by atoms with Gasteiger partial charge in [-0.15, -0.1) is 11.3 Å². The van der Waals surface area contributed by atoms with Crippen molar-refractivity contribution in [2.75, 3.05) is 4.90 Å². The Bertz CT molecular complexity index is 2850. The standard InChI is InChI=1S/C48H31BrN2S/c49-36-28-35(34-20-24-38(25-21-34)51-45-15-7-4-12-41(45)42-13-5-8-16-46(42)51)29-40(30-36)50(37-22-18-33(19-23-37)32-10-2-1-3-11-32)39-26-27-48-44(31-39)43-14-6-9-17-47(43)52-48/h1-31H. The Morgan fingerprint density at radius 1 is 0.385 bits per heavy atom. The average Bonchev–Trinajstić information content (AvgIpc) is 3.74. The average molecular weight is 748 g/mol. The van der Waals surface area contributed by atoms with E-state index in [0.717, 1.165) is 38.3 Å². The molecule has 0 fully saturated rings. The molecule has 0 N–H and O–H groups in total. The number of nitrogens with zero attached hydrogens (tertiary/aromatic N) is 2. The van der Waals surface area contributed by atoms with E-state index in [1.54, 1.807) is 0 Å². The van der Waals surface area contributed by atoms with E-state index in [0.29, 0.717) is 0 Å². The molecular weight excluding hydrogens is 717 g/mol. The van der Waals surface area contributed by atoms with Gasteiger partial charge in [0.05, 0.1) is 11.0 Å². The molecule has 0 spiro atoms. The molecule has 10 rings (SSSR count). The number of fused-ring (bicyclic) bond motifs is 6. The van der Waals surface area contributed by atoms with Gasteiger partial charge in [0.25, 0.3) is 0 Å². The van der Waals surface area contributed by atoms with Gasteiger partial charge in [-0.05, 0) is 101 Å². The second kappa shape index (κ2) is 12.7. The van der Waals surface area contributed by atoms with Crippen LogP contribution in [0.5, 0.6) is 0 Å². The van der Waals surface area contributed by atoms with Crippen LogP contribution in [0.1, 0.15) is 0 Å². The minimum Gasteiger partial charge on any atom is -0.310 e. The predicted octanol–water partition coefficient (Wildman–Crippen LogP) is 14.7. The molecule has 0 aliphatic rings. The Hall–Kier alpha value is -5.94. The Morgan fingerprint density at radius 3 is 1.67 bits per heavy atom. The second-order valence-electron chi connectivity index (χ2n) is 13.1. The van der Waals surface area contributed by atoms with Crippen molar-refractivity contribution in [2.45, 2.75) is 0 Å². The lowest BCUT2D eigenvalue weighted by atomic mass is 10.0. The normalized spacial score (nSPS) is 11.6. The first-order chi connectivity index (χ1) is 25.7. The van der Waals surface area contributed by atoms with E-state index in [1.807, 2.05) is 11.3 Å². The van der Waals surface area contributed by atoms with Gasteiger partial charge in [0.2, 0.25) is 0 Å². The lowest BCUT2D eigenvalue weighted by Gasteiger charge is -2.27. The van der Waals surface area contributed by atoms with E-state index in [-0.39, 0.29) is 0 Å². The zero-order valence-corrected chi connectivity index (χ0v) is 30.5. The van der Waals surface area contributed by atoms with Crippen molar-refractivity contribution in [3.05, 3.63) is 193 Å². The molecule has 4 heteroatoms. The fourth-order valence-electron chi connectivity index (χ4n) is 7.61. The highest BCUT2D eigenvalue weighted by Crippen LogP contribution is 2.43. The predicted molar refractivity (Wildman–Crippen MR) is 227 cm³/mol. The maximum atomic E-state index is 3.90. The fourth-order valence-corrected chi connectivity index (χ4v) is 9.18. The molecule has 0 aliphatic carbocycles. The summed E-state index contributed by atoms with van der Waals surface area (Å²) in [7, 11) is 0. The maximum Gasteiger partial charge on any atom is 0.0541 e. The first-order valence-corrected chi connectivity index (χ1v) is 19.1. The van der Waals surface area contributed by atoms with Gasteiger partial charge >= 0.3 is 0 Å². The number of thiophene rings is 1. The summed E-state index contributed by atoms with van der Waals surface area (Å²) in [4.78, 5) is 2.38. The van der Waals surface area contributed by atoms with Crippen molar-refractivity contribution in [3.63, 3.8) is 0 Å². The number of para-hydroxylation sites is 2. The van der Waals surface area contributed by atoms with Crippen LogP contribution in [0.4, 0.5) is 17.1 Å². The van der Waals surface area contributed by atoms with Gasteiger partial charge in [-0.25, -0.2) is 0 Å². The molecular formula is C48H31BrN2S. The van der Waals surface area contributed by atoms with Gasteiger partial charge < -0.3 is 9.47 Å². The zero-order valence-electron chi connectivity index (χ0n) is 28.1. The number of hydrogen-bond donors (Lipinski definition) is 0. The largest absolute Gasteiger partial charge is 0.310 e. The van der Waals surface area contributed by atoms with Crippen molar-refractivity contribution < 1.29 is 0 Å². The summed E-state index contributed by atoms with van der Waals surface area (Å²) < 4.78 is 6.00. The maximum absolute atomic E-state index is 3.90. The quantitative estimate of drug-likeness (QED) is 0.164. The van der Waals surface area contributed by atoms with Crippen LogP contribution < -0.4 is 4.90 Å². The van der Waals surface area contributed by atoms with Crippen molar-refractivity contribution in [1.29, 1.82) is 0 Å². The summed E-state index contributed by atoms with van der Waals surface area (Å²) in [5, 5.41) is 5.11. The monoisotopic (exact) mass is 746 g/mol. The van der Waals surface area contributed by atoms with Crippen LogP contribution in [-0.4, -0.2) is 4.57 Å². The number of hydrogen-bond acceptors (Lipinski definition) is 2. The summed E-state index contributed by atoms with van der Waals surface area (Å²) >= 11 is 5.75. The Kier molecular flexibility index (Phi) is 7.52. The van der Waals surface area contributed by atoms with Crippen LogP contribution in [0.15, 0.2) is 193 Å². The molecule has 0 atom stereocenters. The summed E-state index contributed by atoms with van der Waals surface area (Å²) in [6.07, 6.45) is 0. The van der Waals surface area contributed by atoms with Crippen LogP contribution >= 0.6 is 27.3 Å². The van der Waals surface area contributed by atoms with Gasteiger partial charge in [-0.3, -0.25) is 0 Å². The van der Waals surface area contributed by atoms with Gasteiger partial charge in [0.15, 0.2) is 0 Å². The first kappa shape index (κ1) is 30.8. The third-order valence-electron chi connectivity index (χ3n) is 10.0. The zero-order chi connectivity index (χ0) is 34.6. The summed E-state index contributed by atoms with van der Waals surface area (Å²) in [6, 6.07) is 68.1. The van der Waals surface area contributed by atoms with E-state index in [2.05, 4.69) is 213 Å². The molecule has 0 amide bonds. The van der Waals surface area contributed by atoms with E-state index >= 15 is 0 Å². The van der Waals surface area contributed by atoms with Crippen LogP contribution in [0.25, 0.3) is 69.9 Å². The molecule has 2 heterocycles. The van der Waals surface area contributed by atoms with Gasteiger partial charge in [-0.1, -0.05) is 125 Å². The molecule has 246 valence electrons. The minimum atomic E-state index is 1.03. The molecule has 0 bridgehead atoms. The van der Waals surface area contributed by atoms with Crippen LogP contribution in [-0.2, 0) is 0 Å². The highest BCUT2D eigenvalue weighted by molar-refractivity contribution is 9.10. The van der Waals surface area contributed by atoms with Crippen molar-refractivity contribution in [1.82, 2.24) is 4.57 Å². The molecule has 0 saturated heterocycles. The molecule has 0 unspecified atom stereocenters. The molecule has 2 aromatic heterocycles. The second-order valence-corrected chi connectivity index (χ2v) is 15.1. The number of rotatable bonds is 6. The molecule has 8 aromatic carbocycles. The molecule has 0 radical (unpaired) electrons. The third-order valence-corrected chi connectivity index (χ3v) is 11.6. The highest BCUT2D eigenvalue weighted by atomic mass is 79.9. The van der Waals surface area contributed by atoms with Crippen LogP contribution in [0, 0.1) is 0 Å². The van der Waals surface area contributed by atoms with E-state index in [4.69, 9.17) is 0 Å². The van der Waals surface area contributed by atoms with Crippen LogP contribution in [0.2, 0.25) is 0 Å². The lowest BCUT2D eigenvalue weighted by molar-refractivity contribution is 1.18. The van der Waals surface area contributed by atoms with Gasteiger partial charge in [0.1, 0.15) is 0 Å². The molecule has 10 aromatic rings. The summed E-state index contributed by atoms with van der Waals surface area (Å²) in [6.45, 7) is 0. The minimum absolute atomic E-state index is 1.03. The third kappa shape index (κ3) is 5.31. The fraction of sp³-hybridized carbons (Fsp3) is 0. The highest BCUT2D eigenvalue weighted by Gasteiger charge is 2.18. The number of anilines is 3. The summed E-state index contributed by atoms with van der Waals surface area (Å²) in [5.41, 5.74) is 11.6. The SMILES string of the molecule is Brc1cc(-c2ccc(-n3c4ccccc4c4ccccc43)cc2)cc(N(c2ccc(-c3ccccc3)cc2)c2ccc3sc4ccccc4c3c2)c1. The van der Waals surface area contributed by atoms with Crippen molar-refractivity contribution >= 4 is 86.3 Å². The molecule has 2 nitrogen and oxygen atoms in total. The Morgan fingerprint density at radius 2 is 0.942 bits per heavy atom. The van der Waals surface area contributed by atoms with E-state index < -0.39 is 0 Å². The van der Waals surface area contributed by atoms with Crippen LogP contribution in [0.3, 0.4) is 0 Å².